The van der Waals surface area contributed by atoms with Gasteiger partial charge in [-0.05, 0) is 43.2 Å². The largest absolute Gasteiger partial charge is 0.325 e. The number of nitrogens with zero attached hydrogens (tertiary/aromatic N) is 1. The molecule has 0 unspecified atom stereocenters. The van der Waals surface area contributed by atoms with Gasteiger partial charge >= 0.3 is 0 Å². The van der Waals surface area contributed by atoms with E-state index in [0.717, 1.165) is 29.4 Å². The summed E-state index contributed by atoms with van der Waals surface area (Å²) in [5.41, 5.74) is 3.28. The number of pyridine rings is 1. The van der Waals surface area contributed by atoms with E-state index in [1.807, 2.05) is 30.3 Å². The standard InChI is InChI=1S/C21H18ClN3O2/c1-12(26)23-18-9-8-14(22)10-20(18)25-21(27)16-11-19(13-6-7-13)24-17-5-3-2-4-15(16)17/h2-5,8-11,13H,6-7H2,1H3,(H,23,26)(H,25,27). The number of rotatable bonds is 4. The third-order valence-corrected chi connectivity index (χ3v) is 4.75. The van der Waals surface area contributed by atoms with Crippen molar-refractivity contribution in [2.24, 2.45) is 0 Å². The molecule has 1 aliphatic rings. The SMILES string of the molecule is CC(=O)Nc1ccc(Cl)cc1NC(=O)c1cc(C2CC2)nc2ccccc12. The fourth-order valence-corrected chi connectivity index (χ4v) is 3.25. The van der Waals surface area contributed by atoms with Gasteiger partial charge in [0.1, 0.15) is 0 Å². The Morgan fingerprint density at radius 3 is 2.56 bits per heavy atom. The van der Waals surface area contributed by atoms with Gasteiger partial charge in [0.2, 0.25) is 5.91 Å². The molecule has 1 heterocycles. The molecular formula is C21H18ClN3O2. The molecule has 3 aromatic rings. The van der Waals surface area contributed by atoms with Crippen LogP contribution in [0.15, 0.2) is 48.5 Å². The second-order valence-corrected chi connectivity index (χ2v) is 7.15. The summed E-state index contributed by atoms with van der Waals surface area (Å²) < 4.78 is 0. The van der Waals surface area contributed by atoms with Crippen LogP contribution in [0.25, 0.3) is 10.9 Å². The lowest BCUT2D eigenvalue weighted by molar-refractivity contribution is -0.114. The van der Waals surface area contributed by atoms with Crippen molar-refractivity contribution in [2.75, 3.05) is 10.6 Å². The first-order valence-electron chi connectivity index (χ1n) is 8.79. The summed E-state index contributed by atoms with van der Waals surface area (Å²) in [4.78, 5) is 29.2. The molecule has 0 atom stereocenters. The molecule has 1 aromatic heterocycles. The number of hydrogen-bond donors (Lipinski definition) is 2. The van der Waals surface area contributed by atoms with E-state index in [2.05, 4.69) is 10.6 Å². The van der Waals surface area contributed by atoms with Crippen LogP contribution in [0, 0.1) is 0 Å². The fraction of sp³-hybridized carbons (Fsp3) is 0.190. The van der Waals surface area contributed by atoms with Crippen LogP contribution < -0.4 is 10.6 Å². The Morgan fingerprint density at radius 1 is 1.04 bits per heavy atom. The number of fused-ring (bicyclic) bond motifs is 1. The lowest BCUT2D eigenvalue weighted by Gasteiger charge is -2.14. The van der Waals surface area contributed by atoms with Crippen molar-refractivity contribution >= 4 is 45.7 Å². The number of aromatic nitrogens is 1. The molecule has 27 heavy (non-hydrogen) atoms. The molecule has 6 heteroatoms. The quantitative estimate of drug-likeness (QED) is 0.671. The highest BCUT2D eigenvalue weighted by molar-refractivity contribution is 6.31. The second kappa shape index (κ2) is 7.00. The normalized spacial score (nSPS) is 13.4. The topological polar surface area (TPSA) is 71.1 Å². The van der Waals surface area contributed by atoms with Crippen LogP contribution in [0.5, 0.6) is 0 Å². The van der Waals surface area contributed by atoms with E-state index < -0.39 is 0 Å². The summed E-state index contributed by atoms with van der Waals surface area (Å²) in [6.45, 7) is 1.42. The van der Waals surface area contributed by atoms with Gasteiger partial charge in [-0.15, -0.1) is 0 Å². The number of anilines is 2. The summed E-state index contributed by atoms with van der Waals surface area (Å²) >= 11 is 6.08. The summed E-state index contributed by atoms with van der Waals surface area (Å²) in [5.74, 6) is -0.0511. The zero-order valence-electron chi connectivity index (χ0n) is 14.8. The molecule has 2 amide bonds. The van der Waals surface area contributed by atoms with Crippen molar-refractivity contribution in [1.29, 1.82) is 0 Å². The average Bonchev–Trinajstić information content (AvgIpc) is 3.48. The van der Waals surface area contributed by atoms with Crippen LogP contribution in [-0.2, 0) is 4.79 Å². The average molecular weight is 380 g/mol. The second-order valence-electron chi connectivity index (χ2n) is 6.71. The van der Waals surface area contributed by atoms with Crippen LogP contribution in [-0.4, -0.2) is 16.8 Å². The van der Waals surface area contributed by atoms with Crippen LogP contribution in [0.3, 0.4) is 0 Å². The molecule has 1 fully saturated rings. The predicted octanol–water partition coefficient (Wildman–Crippen LogP) is 4.98. The maximum Gasteiger partial charge on any atom is 0.256 e. The Hall–Kier alpha value is -2.92. The molecule has 5 nitrogen and oxygen atoms in total. The minimum absolute atomic E-state index is 0.224. The van der Waals surface area contributed by atoms with Crippen LogP contribution in [0.1, 0.15) is 41.7 Å². The van der Waals surface area contributed by atoms with Crippen LogP contribution in [0.2, 0.25) is 5.02 Å². The zero-order chi connectivity index (χ0) is 19.0. The van der Waals surface area contributed by atoms with Crippen LogP contribution in [0.4, 0.5) is 11.4 Å². The molecule has 0 radical (unpaired) electrons. The third-order valence-electron chi connectivity index (χ3n) is 4.52. The Labute approximate surface area is 161 Å². The number of hydrogen-bond acceptors (Lipinski definition) is 3. The van der Waals surface area contributed by atoms with Gasteiger partial charge in [-0.2, -0.15) is 0 Å². The number of halogens is 1. The van der Waals surface area contributed by atoms with Gasteiger partial charge in [-0.1, -0.05) is 29.8 Å². The summed E-state index contributed by atoms with van der Waals surface area (Å²) in [7, 11) is 0. The maximum atomic E-state index is 13.1. The van der Waals surface area contributed by atoms with E-state index in [4.69, 9.17) is 16.6 Å². The van der Waals surface area contributed by atoms with E-state index in [1.54, 1.807) is 18.2 Å². The van der Waals surface area contributed by atoms with Crippen LogP contribution >= 0.6 is 11.6 Å². The smallest absolute Gasteiger partial charge is 0.256 e. The van der Waals surface area contributed by atoms with E-state index in [-0.39, 0.29) is 11.8 Å². The van der Waals surface area contributed by atoms with E-state index in [9.17, 15) is 9.59 Å². The van der Waals surface area contributed by atoms with Gasteiger partial charge < -0.3 is 10.6 Å². The van der Waals surface area contributed by atoms with Gasteiger partial charge in [0.15, 0.2) is 0 Å². The van der Waals surface area contributed by atoms with Gasteiger partial charge in [-0.25, -0.2) is 0 Å². The Balaban J connectivity index is 1.74. The predicted molar refractivity (Wildman–Crippen MR) is 107 cm³/mol. The minimum atomic E-state index is -0.260. The number of para-hydroxylation sites is 1. The molecule has 0 spiro atoms. The van der Waals surface area contributed by atoms with Crippen molar-refractivity contribution in [2.45, 2.75) is 25.7 Å². The van der Waals surface area contributed by atoms with E-state index >= 15 is 0 Å². The van der Waals surface area contributed by atoms with Gasteiger partial charge in [-0.3, -0.25) is 14.6 Å². The molecule has 0 bridgehead atoms. The van der Waals surface area contributed by atoms with Gasteiger partial charge in [0, 0.05) is 28.9 Å². The molecule has 136 valence electrons. The van der Waals surface area contributed by atoms with Crippen molar-refractivity contribution < 1.29 is 9.59 Å². The molecule has 2 N–H and O–H groups in total. The summed E-state index contributed by atoms with van der Waals surface area (Å²) in [6.07, 6.45) is 2.21. The van der Waals surface area contributed by atoms with Gasteiger partial charge in [0.25, 0.3) is 5.91 Å². The van der Waals surface area contributed by atoms with Gasteiger partial charge in [0.05, 0.1) is 22.5 Å². The Kier molecular flexibility index (Phi) is 4.54. The van der Waals surface area contributed by atoms with Crippen molar-refractivity contribution in [3.8, 4) is 0 Å². The molecular weight excluding hydrogens is 362 g/mol. The molecule has 4 rings (SSSR count). The lowest BCUT2D eigenvalue weighted by Crippen LogP contribution is -2.16. The zero-order valence-corrected chi connectivity index (χ0v) is 15.5. The number of amides is 2. The van der Waals surface area contributed by atoms with Crippen molar-refractivity contribution in [3.63, 3.8) is 0 Å². The maximum absolute atomic E-state index is 13.1. The minimum Gasteiger partial charge on any atom is -0.325 e. The summed E-state index contributed by atoms with van der Waals surface area (Å²) in [6, 6.07) is 14.4. The number of carbonyl (C=O) groups is 2. The third kappa shape index (κ3) is 3.78. The molecule has 0 saturated heterocycles. The highest BCUT2D eigenvalue weighted by Crippen LogP contribution is 2.40. The van der Waals surface area contributed by atoms with E-state index in [0.29, 0.717) is 27.9 Å². The highest BCUT2D eigenvalue weighted by atomic mass is 35.5. The Morgan fingerprint density at radius 2 is 1.81 bits per heavy atom. The summed E-state index contributed by atoms with van der Waals surface area (Å²) in [5, 5.41) is 6.86. The lowest BCUT2D eigenvalue weighted by atomic mass is 10.1. The molecule has 2 aromatic carbocycles. The molecule has 1 saturated carbocycles. The number of benzene rings is 2. The molecule has 1 aliphatic carbocycles. The fourth-order valence-electron chi connectivity index (χ4n) is 3.08. The molecule has 0 aliphatic heterocycles. The first kappa shape index (κ1) is 17.5. The Bertz CT molecular complexity index is 1060. The van der Waals surface area contributed by atoms with Crippen molar-refractivity contribution in [3.05, 3.63) is 64.8 Å². The highest BCUT2D eigenvalue weighted by Gasteiger charge is 2.27. The number of nitrogens with one attached hydrogen (secondary N) is 2. The first-order valence-corrected chi connectivity index (χ1v) is 9.17. The van der Waals surface area contributed by atoms with Crippen molar-refractivity contribution in [1.82, 2.24) is 4.98 Å². The monoisotopic (exact) mass is 379 g/mol. The number of carbonyl (C=O) groups excluding carboxylic acids is 2. The first-order chi connectivity index (χ1) is 13.0. The van der Waals surface area contributed by atoms with E-state index in [1.165, 1.54) is 6.92 Å².